The monoisotopic (exact) mass is 267 g/mol. The molecule has 4 heteroatoms. The second-order valence-corrected chi connectivity index (χ2v) is 5.63. The Morgan fingerprint density at radius 1 is 1.28 bits per heavy atom. The van der Waals surface area contributed by atoms with E-state index in [1.165, 1.54) is 30.0 Å². The maximum atomic E-state index is 5.32. The Kier molecular flexibility index (Phi) is 5.20. The molecule has 1 atom stereocenters. The molecule has 0 spiro atoms. The van der Waals surface area contributed by atoms with Crippen molar-refractivity contribution in [3.63, 3.8) is 0 Å². The fourth-order valence-corrected chi connectivity index (χ4v) is 3.25. The maximum Gasteiger partial charge on any atom is 0.161 e. The van der Waals surface area contributed by atoms with Crippen molar-refractivity contribution in [1.29, 1.82) is 0 Å². The van der Waals surface area contributed by atoms with Crippen molar-refractivity contribution in [2.75, 3.05) is 33.1 Å². The van der Waals surface area contributed by atoms with Gasteiger partial charge in [0.05, 0.1) is 14.2 Å². The van der Waals surface area contributed by atoms with Crippen molar-refractivity contribution in [2.45, 2.75) is 17.7 Å². The Hall–Kier alpha value is -0.870. The van der Waals surface area contributed by atoms with Gasteiger partial charge < -0.3 is 14.8 Å². The first-order chi connectivity index (χ1) is 8.83. The maximum absolute atomic E-state index is 5.32. The van der Waals surface area contributed by atoms with Crippen LogP contribution in [-0.2, 0) is 0 Å². The van der Waals surface area contributed by atoms with Crippen LogP contribution in [0.2, 0.25) is 0 Å². The molecular weight excluding hydrogens is 246 g/mol. The van der Waals surface area contributed by atoms with E-state index in [1.807, 2.05) is 17.8 Å². The number of thioether (sulfide) groups is 1. The van der Waals surface area contributed by atoms with E-state index in [2.05, 4.69) is 17.4 Å². The van der Waals surface area contributed by atoms with Crippen LogP contribution in [0.3, 0.4) is 0 Å². The molecule has 1 N–H and O–H groups in total. The summed E-state index contributed by atoms with van der Waals surface area (Å²) in [6.45, 7) is 2.33. The molecule has 3 nitrogen and oxygen atoms in total. The predicted octanol–water partition coefficient (Wildman–Crippen LogP) is 2.80. The van der Waals surface area contributed by atoms with Gasteiger partial charge in [-0.1, -0.05) is 0 Å². The molecule has 1 saturated heterocycles. The summed E-state index contributed by atoms with van der Waals surface area (Å²) in [5.74, 6) is 3.56. The number of ether oxygens (including phenoxy) is 2. The molecule has 1 unspecified atom stereocenters. The molecule has 0 amide bonds. The minimum absolute atomic E-state index is 0.789. The van der Waals surface area contributed by atoms with Crippen molar-refractivity contribution < 1.29 is 9.47 Å². The topological polar surface area (TPSA) is 30.5 Å². The van der Waals surface area contributed by atoms with Gasteiger partial charge in [0.15, 0.2) is 11.5 Å². The number of rotatable bonds is 5. The molecule has 100 valence electrons. The first-order valence-electron chi connectivity index (χ1n) is 6.39. The molecule has 1 fully saturated rings. The fourth-order valence-electron chi connectivity index (χ4n) is 2.19. The summed E-state index contributed by atoms with van der Waals surface area (Å²) in [6, 6.07) is 6.13. The van der Waals surface area contributed by atoms with E-state index < -0.39 is 0 Å². The van der Waals surface area contributed by atoms with Gasteiger partial charge in [-0.3, -0.25) is 0 Å². The van der Waals surface area contributed by atoms with E-state index in [0.29, 0.717) is 0 Å². The summed E-state index contributed by atoms with van der Waals surface area (Å²) in [5.41, 5.74) is 0. The minimum Gasteiger partial charge on any atom is -0.493 e. The van der Waals surface area contributed by atoms with Crippen molar-refractivity contribution in [2.24, 2.45) is 5.92 Å². The third-order valence-electron chi connectivity index (χ3n) is 3.24. The van der Waals surface area contributed by atoms with Crippen molar-refractivity contribution >= 4 is 11.8 Å². The molecule has 0 aliphatic carbocycles. The van der Waals surface area contributed by atoms with Crippen LogP contribution in [0.4, 0.5) is 0 Å². The van der Waals surface area contributed by atoms with E-state index >= 15 is 0 Å². The second kappa shape index (κ2) is 6.90. The number of nitrogens with one attached hydrogen (secondary N) is 1. The standard InChI is InChI=1S/C14H21NO2S/c1-16-13-6-5-12(8-14(13)17-2)18-10-11-4-3-7-15-9-11/h5-6,8,11,15H,3-4,7,9-10H2,1-2H3. The lowest BCUT2D eigenvalue weighted by Crippen LogP contribution is -2.30. The van der Waals surface area contributed by atoms with Crippen molar-refractivity contribution in [3.05, 3.63) is 18.2 Å². The summed E-state index contributed by atoms with van der Waals surface area (Å²) in [7, 11) is 3.34. The lowest BCUT2D eigenvalue weighted by Gasteiger charge is -2.22. The number of benzene rings is 1. The van der Waals surface area contributed by atoms with Crippen LogP contribution in [0.5, 0.6) is 11.5 Å². The third-order valence-corrected chi connectivity index (χ3v) is 4.46. The Morgan fingerprint density at radius 3 is 2.78 bits per heavy atom. The molecule has 0 saturated carbocycles. The normalized spacial score (nSPS) is 19.6. The molecule has 1 aromatic carbocycles. The van der Waals surface area contributed by atoms with E-state index in [0.717, 1.165) is 24.0 Å². The van der Waals surface area contributed by atoms with Crippen LogP contribution < -0.4 is 14.8 Å². The molecule has 0 bridgehead atoms. The molecule has 2 rings (SSSR count). The van der Waals surface area contributed by atoms with Gasteiger partial charge in [0.25, 0.3) is 0 Å². The summed E-state index contributed by atoms with van der Waals surface area (Å²) < 4.78 is 10.6. The number of hydrogen-bond acceptors (Lipinski definition) is 4. The molecule has 0 radical (unpaired) electrons. The van der Waals surface area contributed by atoms with Gasteiger partial charge in [-0.05, 0) is 50.0 Å². The van der Waals surface area contributed by atoms with Crippen LogP contribution >= 0.6 is 11.8 Å². The van der Waals surface area contributed by atoms with Crippen molar-refractivity contribution in [3.8, 4) is 11.5 Å². The van der Waals surface area contributed by atoms with Crippen LogP contribution in [0.15, 0.2) is 23.1 Å². The van der Waals surface area contributed by atoms with E-state index in [1.54, 1.807) is 14.2 Å². The van der Waals surface area contributed by atoms with E-state index in [4.69, 9.17) is 9.47 Å². The van der Waals surface area contributed by atoms with E-state index in [-0.39, 0.29) is 0 Å². The summed E-state index contributed by atoms with van der Waals surface area (Å²) in [5, 5.41) is 3.45. The summed E-state index contributed by atoms with van der Waals surface area (Å²) in [4.78, 5) is 1.25. The second-order valence-electron chi connectivity index (χ2n) is 4.54. The third kappa shape index (κ3) is 3.56. The zero-order valence-corrected chi connectivity index (χ0v) is 11.9. The number of piperidine rings is 1. The Morgan fingerprint density at radius 2 is 2.11 bits per heavy atom. The molecule has 1 aromatic rings. The van der Waals surface area contributed by atoms with Crippen LogP contribution in [0, 0.1) is 5.92 Å². The molecule has 1 aliphatic heterocycles. The Labute approximate surface area is 113 Å². The smallest absolute Gasteiger partial charge is 0.161 e. The summed E-state index contributed by atoms with van der Waals surface area (Å²) in [6.07, 6.45) is 2.64. The molecular formula is C14H21NO2S. The zero-order valence-electron chi connectivity index (χ0n) is 11.1. The van der Waals surface area contributed by atoms with Gasteiger partial charge in [0, 0.05) is 10.6 Å². The molecule has 1 aliphatic rings. The Balaban J connectivity index is 1.92. The van der Waals surface area contributed by atoms with Gasteiger partial charge in [-0.25, -0.2) is 0 Å². The highest BCUT2D eigenvalue weighted by molar-refractivity contribution is 7.99. The highest BCUT2D eigenvalue weighted by atomic mass is 32.2. The molecule has 18 heavy (non-hydrogen) atoms. The minimum atomic E-state index is 0.789. The van der Waals surface area contributed by atoms with Crippen LogP contribution in [0.25, 0.3) is 0 Å². The first-order valence-corrected chi connectivity index (χ1v) is 7.37. The molecule has 0 aromatic heterocycles. The lowest BCUT2D eigenvalue weighted by atomic mass is 10.0. The zero-order chi connectivity index (χ0) is 12.8. The average Bonchev–Trinajstić information content (AvgIpc) is 2.45. The highest BCUT2D eigenvalue weighted by Crippen LogP contribution is 2.33. The number of methoxy groups -OCH3 is 2. The SMILES string of the molecule is COc1ccc(SCC2CCCNC2)cc1OC. The molecule has 1 heterocycles. The Bertz CT molecular complexity index is 378. The van der Waals surface area contributed by atoms with Crippen molar-refractivity contribution in [1.82, 2.24) is 5.32 Å². The van der Waals surface area contributed by atoms with Crippen LogP contribution in [0.1, 0.15) is 12.8 Å². The predicted molar refractivity (Wildman–Crippen MR) is 75.9 cm³/mol. The fraction of sp³-hybridized carbons (Fsp3) is 0.571. The van der Waals surface area contributed by atoms with Gasteiger partial charge >= 0.3 is 0 Å². The average molecular weight is 267 g/mol. The first kappa shape index (κ1) is 13.6. The van der Waals surface area contributed by atoms with Crippen LogP contribution in [-0.4, -0.2) is 33.1 Å². The largest absolute Gasteiger partial charge is 0.493 e. The van der Waals surface area contributed by atoms with E-state index in [9.17, 15) is 0 Å². The number of hydrogen-bond donors (Lipinski definition) is 1. The van der Waals surface area contributed by atoms with Gasteiger partial charge in [0.1, 0.15) is 0 Å². The lowest BCUT2D eigenvalue weighted by molar-refractivity contribution is 0.354. The summed E-state index contributed by atoms with van der Waals surface area (Å²) >= 11 is 1.90. The van der Waals surface area contributed by atoms with Gasteiger partial charge in [-0.15, -0.1) is 11.8 Å². The van der Waals surface area contributed by atoms with Gasteiger partial charge in [0.2, 0.25) is 0 Å². The van der Waals surface area contributed by atoms with Gasteiger partial charge in [-0.2, -0.15) is 0 Å². The highest BCUT2D eigenvalue weighted by Gasteiger charge is 2.13. The quantitative estimate of drug-likeness (QED) is 0.831.